The van der Waals surface area contributed by atoms with Gasteiger partial charge in [0.2, 0.25) is 0 Å². The number of aromatic amines is 1. The Kier molecular flexibility index (Phi) is 2.75. The van der Waals surface area contributed by atoms with Crippen molar-refractivity contribution in [1.82, 2.24) is 9.97 Å². The smallest absolute Gasteiger partial charge is 0.140 e. The average Bonchev–Trinajstić information content (AvgIpc) is 2.82. The van der Waals surface area contributed by atoms with E-state index < -0.39 is 0 Å². The zero-order valence-electron chi connectivity index (χ0n) is 11.4. The highest BCUT2D eigenvalue weighted by Gasteiger charge is 2.10. The predicted molar refractivity (Wildman–Crippen MR) is 80.6 cm³/mol. The lowest BCUT2D eigenvalue weighted by Gasteiger charge is -2.05. The van der Waals surface area contributed by atoms with Crippen molar-refractivity contribution < 1.29 is 0 Å². The minimum Gasteiger partial charge on any atom is -0.388 e. The Morgan fingerprint density at radius 1 is 1.11 bits per heavy atom. The average molecular weight is 251 g/mol. The summed E-state index contributed by atoms with van der Waals surface area (Å²) < 4.78 is 0. The Labute approximate surface area is 112 Å². The van der Waals surface area contributed by atoms with E-state index >= 15 is 0 Å². The third-order valence-corrected chi connectivity index (χ3v) is 3.37. The molecule has 19 heavy (non-hydrogen) atoms. The van der Waals surface area contributed by atoms with Gasteiger partial charge in [-0.15, -0.1) is 0 Å². The first kappa shape index (κ1) is 11.8. The first-order valence-electron chi connectivity index (χ1n) is 6.43. The zero-order valence-corrected chi connectivity index (χ0v) is 11.4. The molecular weight excluding hydrogens is 234 g/mol. The van der Waals surface area contributed by atoms with Gasteiger partial charge in [0.25, 0.3) is 0 Å². The van der Waals surface area contributed by atoms with Crippen LogP contribution in [0.15, 0.2) is 36.4 Å². The van der Waals surface area contributed by atoms with Crippen LogP contribution in [-0.2, 0) is 0 Å². The minimum absolute atomic E-state index is 0.911. The number of fused-ring (bicyclic) bond motifs is 1. The van der Waals surface area contributed by atoms with Crippen LogP contribution in [0.2, 0.25) is 0 Å². The first-order valence-corrected chi connectivity index (χ1v) is 6.43. The Hall–Kier alpha value is -2.29. The van der Waals surface area contributed by atoms with Crippen LogP contribution in [0.5, 0.6) is 0 Å². The molecule has 0 unspecified atom stereocenters. The minimum atomic E-state index is 0.911. The largest absolute Gasteiger partial charge is 0.388 e. The van der Waals surface area contributed by atoms with Crippen LogP contribution in [-0.4, -0.2) is 17.0 Å². The maximum Gasteiger partial charge on any atom is 0.140 e. The summed E-state index contributed by atoms with van der Waals surface area (Å²) in [4.78, 5) is 8.15. The highest BCUT2D eigenvalue weighted by atomic mass is 14.9. The van der Waals surface area contributed by atoms with Gasteiger partial charge in [0.15, 0.2) is 0 Å². The molecule has 3 rings (SSSR count). The van der Waals surface area contributed by atoms with Crippen molar-refractivity contribution in [1.29, 1.82) is 0 Å². The summed E-state index contributed by atoms with van der Waals surface area (Å²) in [6.07, 6.45) is 0. The van der Waals surface area contributed by atoms with Gasteiger partial charge < -0.3 is 10.3 Å². The maximum absolute atomic E-state index is 4.74. The van der Waals surface area contributed by atoms with Gasteiger partial charge >= 0.3 is 0 Å². The van der Waals surface area contributed by atoms with E-state index in [-0.39, 0.29) is 0 Å². The van der Waals surface area contributed by atoms with Crippen molar-refractivity contribution in [3.05, 3.63) is 47.5 Å². The number of aryl methyl sites for hydroxylation is 2. The molecule has 3 heteroatoms. The summed E-state index contributed by atoms with van der Waals surface area (Å²) in [5.74, 6) is 0.911. The molecule has 0 aliphatic heterocycles. The van der Waals surface area contributed by atoms with Crippen LogP contribution in [0.3, 0.4) is 0 Å². The van der Waals surface area contributed by atoms with E-state index in [9.17, 15) is 0 Å². The van der Waals surface area contributed by atoms with Crippen molar-refractivity contribution in [2.45, 2.75) is 13.8 Å². The van der Waals surface area contributed by atoms with Crippen molar-refractivity contribution in [3.8, 4) is 11.4 Å². The molecule has 0 aliphatic rings. The van der Waals surface area contributed by atoms with Gasteiger partial charge in [0.05, 0.1) is 11.0 Å². The van der Waals surface area contributed by atoms with E-state index in [0.29, 0.717) is 0 Å². The van der Waals surface area contributed by atoms with Crippen LogP contribution in [0.4, 0.5) is 5.69 Å². The molecule has 0 aliphatic carbocycles. The van der Waals surface area contributed by atoms with Gasteiger partial charge in [-0.25, -0.2) is 4.98 Å². The Morgan fingerprint density at radius 3 is 2.68 bits per heavy atom. The normalized spacial score (nSPS) is 10.9. The fourth-order valence-electron chi connectivity index (χ4n) is 2.51. The molecule has 1 aromatic heterocycles. The highest BCUT2D eigenvalue weighted by molar-refractivity contribution is 5.85. The van der Waals surface area contributed by atoms with E-state index in [0.717, 1.165) is 28.1 Å². The van der Waals surface area contributed by atoms with E-state index in [1.165, 1.54) is 11.1 Å². The molecule has 0 atom stereocenters. The summed E-state index contributed by atoms with van der Waals surface area (Å²) >= 11 is 0. The lowest BCUT2D eigenvalue weighted by molar-refractivity contribution is 1.32. The van der Waals surface area contributed by atoms with Crippen molar-refractivity contribution in [3.63, 3.8) is 0 Å². The summed E-state index contributed by atoms with van der Waals surface area (Å²) in [5, 5.41) is 3.20. The molecule has 2 N–H and O–H groups in total. The number of anilines is 1. The van der Waals surface area contributed by atoms with Crippen LogP contribution in [0, 0.1) is 13.8 Å². The number of nitrogens with zero attached hydrogens (tertiary/aromatic N) is 1. The fraction of sp³-hybridized carbons (Fsp3) is 0.188. The Morgan fingerprint density at radius 2 is 1.89 bits per heavy atom. The predicted octanol–water partition coefficient (Wildman–Crippen LogP) is 3.89. The molecule has 0 spiro atoms. The summed E-state index contributed by atoms with van der Waals surface area (Å²) in [5.41, 5.74) is 6.78. The zero-order chi connectivity index (χ0) is 13.4. The molecule has 0 fully saturated rings. The maximum atomic E-state index is 4.74. The number of hydrogen-bond donors (Lipinski definition) is 2. The molecule has 96 valence electrons. The molecule has 0 saturated heterocycles. The number of rotatable bonds is 2. The Bertz CT molecular complexity index is 741. The fourth-order valence-corrected chi connectivity index (χ4v) is 2.51. The number of benzene rings is 2. The van der Waals surface area contributed by atoms with Crippen LogP contribution >= 0.6 is 0 Å². The molecule has 0 saturated carbocycles. The van der Waals surface area contributed by atoms with Crippen molar-refractivity contribution >= 4 is 16.7 Å². The molecule has 0 bridgehead atoms. The third-order valence-electron chi connectivity index (χ3n) is 3.37. The van der Waals surface area contributed by atoms with Crippen molar-refractivity contribution in [2.24, 2.45) is 0 Å². The SMILES string of the molecule is CNc1ccccc1-c1nc2c(C)cc(C)cc2[nH]1. The molecule has 0 radical (unpaired) electrons. The van der Waals surface area contributed by atoms with Gasteiger partial charge in [-0.3, -0.25) is 0 Å². The number of para-hydroxylation sites is 1. The van der Waals surface area contributed by atoms with E-state index in [1.807, 2.05) is 19.2 Å². The molecule has 3 aromatic rings. The second-order valence-corrected chi connectivity index (χ2v) is 4.86. The highest BCUT2D eigenvalue weighted by Crippen LogP contribution is 2.28. The molecule has 3 nitrogen and oxygen atoms in total. The molecular formula is C16H17N3. The summed E-state index contributed by atoms with van der Waals surface area (Å²) in [7, 11) is 1.93. The monoisotopic (exact) mass is 251 g/mol. The second-order valence-electron chi connectivity index (χ2n) is 4.86. The quantitative estimate of drug-likeness (QED) is 0.725. The number of imidazole rings is 1. The molecule has 0 amide bonds. The number of H-pyrrole nitrogens is 1. The van der Waals surface area contributed by atoms with Gasteiger partial charge in [-0.2, -0.15) is 0 Å². The van der Waals surface area contributed by atoms with Gasteiger partial charge in [0.1, 0.15) is 5.82 Å². The van der Waals surface area contributed by atoms with Crippen LogP contribution in [0.25, 0.3) is 22.4 Å². The summed E-state index contributed by atoms with van der Waals surface area (Å²) in [6, 6.07) is 12.5. The van der Waals surface area contributed by atoms with Crippen LogP contribution in [0.1, 0.15) is 11.1 Å². The standard InChI is InChI=1S/C16H17N3/c1-10-8-11(2)15-14(9-10)18-16(19-15)12-6-4-5-7-13(12)17-3/h4-9,17H,1-3H3,(H,18,19). The number of hydrogen-bond acceptors (Lipinski definition) is 2. The first-order chi connectivity index (χ1) is 9.19. The lowest BCUT2D eigenvalue weighted by atomic mass is 10.1. The van der Waals surface area contributed by atoms with Gasteiger partial charge in [0, 0.05) is 18.3 Å². The van der Waals surface area contributed by atoms with Crippen LogP contribution < -0.4 is 5.32 Å². The topological polar surface area (TPSA) is 40.7 Å². The number of aromatic nitrogens is 2. The molecule has 2 aromatic carbocycles. The third kappa shape index (κ3) is 1.97. The van der Waals surface area contributed by atoms with E-state index in [4.69, 9.17) is 4.98 Å². The van der Waals surface area contributed by atoms with E-state index in [2.05, 4.69) is 48.4 Å². The molecule has 1 heterocycles. The van der Waals surface area contributed by atoms with E-state index in [1.54, 1.807) is 0 Å². The van der Waals surface area contributed by atoms with Crippen molar-refractivity contribution in [2.75, 3.05) is 12.4 Å². The van der Waals surface area contributed by atoms with Gasteiger partial charge in [-0.05, 0) is 43.2 Å². The summed E-state index contributed by atoms with van der Waals surface area (Å²) in [6.45, 7) is 4.21. The second kappa shape index (κ2) is 4.43. The van der Waals surface area contributed by atoms with Gasteiger partial charge in [-0.1, -0.05) is 18.2 Å². The lowest BCUT2D eigenvalue weighted by Crippen LogP contribution is -1.92. The number of nitrogens with one attached hydrogen (secondary N) is 2. The Balaban J connectivity index is 2.23.